The van der Waals surface area contributed by atoms with Crippen molar-refractivity contribution in [1.82, 2.24) is 0 Å². The van der Waals surface area contributed by atoms with Crippen LogP contribution < -0.4 is 0 Å². The predicted molar refractivity (Wildman–Crippen MR) is 76.3 cm³/mol. The zero-order valence-corrected chi connectivity index (χ0v) is 11.4. The van der Waals surface area contributed by atoms with Crippen molar-refractivity contribution in [3.63, 3.8) is 0 Å². The maximum Gasteiger partial charge on any atom is 0.336 e. The molecule has 0 aliphatic rings. The van der Waals surface area contributed by atoms with E-state index < -0.39 is 5.97 Å². The van der Waals surface area contributed by atoms with Gasteiger partial charge in [0.2, 0.25) is 0 Å². The molecule has 3 heteroatoms. The summed E-state index contributed by atoms with van der Waals surface area (Å²) < 4.78 is 1.14. The van der Waals surface area contributed by atoms with Gasteiger partial charge in [-0.2, -0.15) is 0 Å². The first-order chi connectivity index (χ1) is 8.09. The van der Waals surface area contributed by atoms with Crippen molar-refractivity contribution in [2.24, 2.45) is 0 Å². The summed E-state index contributed by atoms with van der Waals surface area (Å²) in [4.78, 5) is 11.3. The maximum atomic E-state index is 11.3. The fraction of sp³-hybridized carbons (Fsp3) is 0.0714. The van der Waals surface area contributed by atoms with E-state index in [9.17, 15) is 9.90 Å². The van der Waals surface area contributed by atoms with Crippen molar-refractivity contribution in [3.05, 3.63) is 57.2 Å². The van der Waals surface area contributed by atoms with E-state index in [0.29, 0.717) is 5.56 Å². The number of hydrogen-bond acceptors (Lipinski definition) is 1. The Bertz CT molecular complexity index is 559. The second kappa shape index (κ2) is 4.87. The smallest absolute Gasteiger partial charge is 0.336 e. The van der Waals surface area contributed by atoms with E-state index in [-0.39, 0.29) is 0 Å². The first-order valence-corrected chi connectivity index (χ1v) is 6.26. The third kappa shape index (κ3) is 2.49. The molecule has 0 aromatic heterocycles. The number of carboxylic acid groups (broad SMARTS) is 1. The van der Waals surface area contributed by atoms with Crippen molar-refractivity contribution in [3.8, 4) is 11.1 Å². The third-order valence-electron chi connectivity index (χ3n) is 2.64. The number of rotatable bonds is 2. The van der Waals surface area contributed by atoms with Crippen LogP contribution in [0.5, 0.6) is 0 Å². The number of aryl methyl sites for hydroxylation is 1. The highest BCUT2D eigenvalue weighted by Crippen LogP contribution is 2.26. The second-order valence-corrected chi connectivity index (χ2v) is 5.06. The summed E-state index contributed by atoms with van der Waals surface area (Å²) in [5.74, 6) is -0.878. The Morgan fingerprint density at radius 2 is 1.76 bits per heavy atom. The summed E-state index contributed by atoms with van der Waals surface area (Å²) >= 11 is 2.23. The summed E-state index contributed by atoms with van der Waals surface area (Å²) in [6, 6.07) is 13.4. The van der Waals surface area contributed by atoms with Gasteiger partial charge in [-0.1, -0.05) is 30.3 Å². The Kier molecular flexibility index (Phi) is 3.47. The molecule has 2 aromatic carbocycles. The molecule has 0 fully saturated rings. The normalized spacial score (nSPS) is 10.2. The molecule has 0 amide bonds. The van der Waals surface area contributed by atoms with Gasteiger partial charge >= 0.3 is 5.97 Å². The monoisotopic (exact) mass is 338 g/mol. The first-order valence-electron chi connectivity index (χ1n) is 5.18. The van der Waals surface area contributed by atoms with Crippen LogP contribution in [0.15, 0.2) is 42.5 Å². The topological polar surface area (TPSA) is 37.3 Å². The number of aromatic carboxylic acids is 1. The predicted octanol–water partition coefficient (Wildman–Crippen LogP) is 3.96. The molecular weight excluding hydrogens is 327 g/mol. The summed E-state index contributed by atoms with van der Waals surface area (Å²) in [7, 11) is 0. The van der Waals surface area contributed by atoms with Gasteiger partial charge in [0.05, 0.1) is 5.56 Å². The molecule has 0 aliphatic heterocycles. The molecule has 0 atom stereocenters. The molecule has 0 heterocycles. The highest BCUT2D eigenvalue weighted by atomic mass is 127. The van der Waals surface area contributed by atoms with Gasteiger partial charge in [-0.3, -0.25) is 0 Å². The summed E-state index contributed by atoms with van der Waals surface area (Å²) in [6.45, 7) is 1.82. The zero-order valence-electron chi connectivity index (χ0n) is 9.27. The van der Waals surface area contributed by atoms with Crippen LogP contribution in [0, 0.1) is 10.5 Å². The average molecular weight is 338 g/mol. The van der Waals surface area contributed by atoms with E-state index in [1.54, 1.807) is 0 Å². The molecule has 86 valence electrons. The summed E-state index contributed by atoms with van der Waals surface area (Å²) in [5, 5.41) is 9.26. The molecule has 0 saturated carbocycles. The lowest BCUT2D eigenvalue weighted by Gasteiger charge is -2.09. The Morgan fingerprint density at radius 1 is 1.12 bits per heavy atom. The molecule has 2 nitrogen and oxygen atoms in total. The Hall–Kier alpha value is -1.36. The van der Waals surface area contributed by atoms with Gasteiger partial charge in [0.25, 0.3) is 0 Å². The van der Waals surface area contributed by atoms with Gasteiger partial charge in [-0.15, -0.1) is 0 Å². The van der Waals surface area contributed by atoms with Gasteiger partial charge < -0.3 is 5.11 Å². The van der Waals surface area contributed by atoms with Crippen LogP contribution in [0.4, 0.5) is 0 Å². The lowest BCUT2D eigenvalue weighted by Crippen LogP contribution is -2.02. The molecular formula is C14H11IO2. The molecule has 0 unspecified atom stereocenters. The van der Waals surface area contributed by atoms with Crippen LogP contribution in [0.3, 0.4) is 0 Å². The molecule has 2 rings (SSSR count). The van der Waals surface area contributed by atoms with Crippen molar-refractivity contribution < 1.29 is 9.90 Å². The van der Waals surface area contributed by atoms with Gasteiger partial charge in [0.1, 0.15) is 0 Å². The molecule has 1 N–H and O–H groups in total. The fourth-order valence-corrected chi connectivity index (χ4v) is 2.18. The molecule has 0 saturated heterocycles. The molecule has 0 aliphatic carbocycles. The van der Waals surface area contributed by atoms with Crippen molar-refractivity contribution in [2.75, 3.05) is 0 Å². The highest BCUT2D eigenvalue weighted by molar-refractivity contribution is 14.1. The van der Waals surface area contributed by atoms with E-state index in [1.165, 1.54) is 0 Å². The molecule has 17 heavy (non-hydrogen) atoms. The molecule has 0 radical (unpaired) electrons. The van der Waals surface area contributed by atoms with E-state index in [0.717, 1.165) is 20.3 Å². The minimum Gasteiger partial charge on any atom is -0.478 e. The lowest BCUT2D eigenvalue weighted by molar-refractivity contribution is 0.0697. The molecule has 0 bridgehead atoms. The van der Waals surface area contributed by atoms with Crippen molar-refractivity contribution >= 4 is 28.6 Å². The van der Waals surface area contributed by atoms with Gasteiger partial charge in [0.15, 0.2) is 0 Å². The SMILES string of the molecule is Cc1cccc(-c2ccc(I)cc2)c1C(=O)O. The van der Waals surface area contributed by atoms with Crippen LogP contribution in [0.2, 0.25) is 0 Å². The standard InChI is InChI=1S/C14H11IO2/c1-9-3-2-4-12(13(9)14(16)17)10-5-7-11(15)8-6-10/h2-8H,1H3,(H,16,17). The fourth-order valence-electron chi connectivity index (χ4n) is 1.82. The Morgan fingerprint density at radius 3 is 2.35 bits per heavy atom. The number of hydrogen-bond donors (Lipinski definition) is 1. The maximum absolute atomic E-state index is 11.3. The quantitative estimate of drug-likeness (QED) is 0.842. The Labute approximate surface area is 113 Å². The van der Waals surface area contributed by atoms with Crippen LogP contribution in [0.25, 0.3) is 11.1 Å². The van der Waals surface area contributed by atoms with Crippen molar-refractivity contribution in [2.45, 2.75) is 6.92 Å². The van der Waals surface area contributed by atoms with E-state index >= 15 is 0 Å². The largest absolute Gasteiger partial charge is 0.478 e. The van der Waals surface area contributed by atoms with E-state index in [1.807, 2.05) is 49.4 Å². The van der Waals surface area contributed by atoms with Crippen LogP contribution >= 0.6 is 22.6 Å². The van der Waals surface area contributed by atoms with Gasteiger partial charge in [0, 0.05) is 3.57 Å². The molecule has 0 spiro atoms. The minimum absolute atomic E-state index is 0.383. The third-order valence-corrected chi connectivity index (χ3v) is 3.36. The number of halogens is 1. The summed E-state index contributed by atoms with van der Waals surface area (Å²) in [6.07, 6.45) is 0. The number of benzene rings is 2. The average Bonchev–Trinajstić information content (AvgIpc) is 2.29. The summed E-state index contributed by atoms with van der Waals surface area (Å²) in [5.41, 5.74) is 2.88. The number of carboxylic acids is 1. The zero-order chi connectivity index (χ0) is 12.4. The highest BCUT2D eigenvalue weighted by Gasteiger charge is 2.13. The van der Waals surface area contributed by atoms with E-state index in [4.69, 9.17) is 0 Å². The lowest BCUT2D eigenvalue weighted by atomic mass is 9.96. The Balaban J connectivity index is 2.63. The van der Waals surface area contributed by atoms with Crippen molar-refractivity contribution in [1.29, 1.82) is 0 Å². The van der Waals surface area contributed by atoms with Crippen LogP contribution in [-0.2, 0) is 0 Å². The van der Waals surface area contributed by atoms with Gasteiger partial charge in [-0.05, 0) is 58.3 Å². The van der Waals surface area contributed by atoms with E-state index in [2.05, 4.69) is 22.6 Å². The van der Waals surface area contributed by atoms with Crippen LogP contribution in [-0.4, -0.2) is 11.1 Å². The van der Waals surface area contributed by atoms with Gasteiger partial charge in [-0.25, -0.2) is 4.79 Å². The minimum atomic E-state index is -0.878. The number of carbonyl (C=O) groups is 1. The second-order valence-electron chi connectivity index (χ2n) is 3.81. The first kappa shape index (κ1) is 12.1. The molecule has 2 aromatic rings. The van der Waals surface area contributed by atoms with Crippen LogP contribution in [0.1, 0.15) is 15.9 Å².